The van der Waals surface area contributed by atoms with Crippen LogP contribution < -0.4 is 0 Å². The first-order chi connectivity index (χ1) is 13.5. The molecular weight excluding hydrogens is 376 g/mol. The van der Waals surface area contributed by atoms with E-state index in [-0.39, 0.29) is 12.0 Å². The molecule has 1 aliphatic heterocycles. The number of amides is 2. The van der Waals surface area contributed by atoms with Crippen LogP contribution in [0.1, 0.15) is 30.8 Å². The summed E-state index contributed by atoms with van der Waals surface area (Å²) in [6.45, 7) is 6.49. The van der Waals surface area contributed by atoms with Crippen LogP contribution in [0.2, 0.25) is 0 Å². The van der Waals surface area contributed by atoms with Crippen LogP contribution in [-0.4, -0.2) is 64.1 Å². The van der Waals surface area contributed by atoms with E-state index in [1.54, 1.807) is 20.6 Å². The lowest BCUT2D eigenvalue weighted by atomic mass is 10.2. The van der Waals surface area contributed by atoms with Crippen LogP contribution in [0, 0.1) is 10.7 Å². The van der Waals surface area contributed by atoms with E-state index in [9.17, 15) is 9.59 Å². The molecule has 3 rings (SSSR count). The molecule has 0 aliphatic carbocycles. The van der Waals surface area contributed by atoms with Crippen molar-refractivity contribution in [2.24, 2.45) is 5.92 Å². The predicted molar refractivity (Wildman–Crippen MR) is 109 cm³/mol. The number of nitrogens with one attached hydrogen (secondary N) is 1. The number of carbonyl (C=O) groups excluding carboxylic acids is 2. The summed E-state index contributed by atoms with van der Waals surface area (Å²) in [5.74, 6) is 0.192. The summed E-state index contributed by atoms with van der Waals surface area (Å²) < 4.78 is 7.54. The van der Waals surface area contributed by atoms with Crippen molar-refractivity contribution in [3.05, 3.63) is 47.0 Å². The zero-order chi connectivity index (χ0) is 20.1. The number of imidazole rings is 1. The number of aromatic amines is 1. The molecule has 1 aromatic heterocycles. The zero-order valence-corrected chi connectivity index (χ0v) is 17.1. The maximum Gasteiger partial charge on any atom is 0.409 e. The van der Waals surface area contributed by atoms with Crippen molar-refractivity contribution < 1.29 is 14.3 Å². The number of para-hydroxylation sites is 1. The normalized spacial score (nSPS) is 14.8. The van der Waals surface area contributed by atoms with Crippen molar-refractivity contribution in [2.75, 3.05) is 32.8 Å². The topological polar surface area (TPSA) is 70.6 Å². The summed E-state index contributed by atoms with van der Waals surface area (Å²) in [6, 6.07) is 9.56. The van der Waals surface area contributed by atoms with Crippen molar-refractivity contribution in [3.8, 4) is 5.69 Å². The largest absolute Gasteiger partial charge is 0.449 e. The summed E-state index contributed by atoms with van der Waals surface area (Å²) >= 11 is 5.37. The van der Waals surface area contributed by atoms with E-state index in [1.165, 1.54) is 0 Å². The number of aromatic nitrogens is 2. The highest BCUT2D eigenvalue weighted by molar-refractivity contribution is 7.71. The van der Waals surface area contributed by atoms with E-state index >= 15 is 0 Å². The number of carbonyl (C=O) groups is 2. The Labute approximate surface area is 169 Å². The van der Waals surface area contributed by atoms with E-state index < -0.39 is 0 Å². The second-order valence-corrected chi connectivity index (χ2v) is 7.64. The molecule has 0 bridgehead atoms. The number of benzene rings is 1. The Morgan fingerprint density at radius 1 is 1.11 bits per heavy atom. The Kier molecular flexibility index (Phi) is 6.51. The fourth-order valence-electron chi connectivity index (χ4n) is 3.15. The highest BCUT2D eigenvalue weighted by atomic mass is 32.1. The highest BCUT2D eigenvalue weighted by Gasteiger charge is 2.26. The fraction of sp³-hybridized carbons (Fsp3) is 0.450. The van der Waals surface area contributed by atoms with Gasteiger partial charge in [0.1, 0.15) is 5.69 Å². The van der Waals surface area contributed by atoms with Gasteiger partial charge in [-0.2, -0.15) is 0 Å². The molecule has 1 N–H and O–H groups in total. The first kappa shape index (κ1) is 20.1. The van der Waals surface area contributed by atoms with Gasteiger partial charge in [-0.1, -0.05) is 32.0 Å². The molecule has 150 valence electrons. The van der Waals surface area contributed by atoms with E-state index in [0.717, 1.165) is 5.69 Å². The maximum atomic E-state index is 13.2. The molecule has 1 aromatic carbocycles. The third kappa shape index (κ3) is 4.62. The van der Waals surface area contributed by atoms with Gasteiger partial charge in [0, 0.05) is 38.1 Å². The summed E-state index contributed by atoms with van der Waals surface area (Å²) in [4.78, 5) is 31.8. The van der Waals surface area contributed by atoms with Gasteiger partial charge in [-0.05, 0) is 36.7 Å². The lowest BCUT2D eigenvalue weighted by molar-refractivity contribution is 0.0739. The van der Waals surface area contributed by atoms with Crippen molar-refractivity contribution >= 4 is 24.2 Å². The molecule has 0 unspecified atom stereocenters. The van der Waals surface area contributed by atoms with Gasteiger partial charge >= 0.3 is 6.09 Å². The van der Waals surface area contributed by atoms with Gasteiger partial charge in [-0.3, -0.25) is 9.36 Å². The molecule has 2 amide bonds. The number of ether oxygens (including phenoxy) is 1. The van der Waals surface area contributed by atoms with Crippen LogP contribution in [0.25, 0.3) is 5.69 Å². The Balaban J connectivity index is 1.71. The summed E-state index contributed by atoms with van der Waals surface area (Å²) in [6.07, 6.45) is 2.05. The lowest BCUT2D eigenvalue weighted by Gasteiger charge is -2.22. The second kappa shape index (κ2) is 9.05. The molecule has 2 aromatic rings. The SMILES string of the molecule is CC(C)COC(=O)N1CCCN(C(=O)c2c[nH]c(=S)n2-c2ccccc2)CC1. The number of nitrogens with zero attached hydrogens (tertiary/aromatic N) is 3. The van der Waals surface area contributed by atoms with Crippen LogP contribution in [0.4, 0.5) is 4.79 Å². The average molecular weight is 403 g/mol. The van der Waals surface area contributed by atoms with Gasteiger partial charge in [0.15, 0.2) is 4.77 Å². The summed E-state index contributed by atoms with van der Waals surface area (Å²) in [5, 5.41) is 0. The molecule has 8 heteroatoms. The van der Waals surface area contributed by atoms with Gasteiger partial charge in [-0.15, -0.1) is 0 Å². The molecule has 0 atom stereocenters. The Morgan fingerprint density at radius 2 is 1.79 bits per heavy atom. The molecule has 1 saturated heterocycles. The van der Waals surface area contributed by atoms with Crippen molar-refractivity contribution in [3.63, 3.8) is 0 Å². The molecule has 0 radical (unpaired) electrons. The quantitative estimate of drug-likeness (QED) is 0.795. The molecule has 28 heavy (non-hydrogen) atoms. The Hall–Kier alpha value is -2.61. The van der Waals surface area contributed by atoms with Crippen LogP contribution in [0.15, 0.2) is 36.5 Å². The number of hydrogen-bond acceptors (Lipinski definition) is 4. The summed E-state index contributed by atoms with van der Waals surface area (Å²) in [5.41, 5.74) is 1.33. The third-order valence-electron chi connectivity index (χ3n) is 4.59. The predicted octanol–water partition coefficient (Wildman–Crippen LogP) is 3.48. The van der Waals surface area contributed by atoms with E-state index in [0.29, 0.717) is 55.6 Å². The molecule has 1 fully saturated rings. The van der Waals surface area contributed by atoms with E-state index in [1.807, 2.05) is 44.2 Å². The Bertz CT molecular complexity index is 875. The van der Waals surface area contributed by atoms with Crippen molar-refractivity contribution in [1.82, 2.24) is 19.4 Å². The van der Waals surface area contributed by atoms with E-state index in [2.05, 4.69) is 4.98 Å². The van der Waals surface area contributed by atoms with Crippen LogP contribution in [0.5, 0.6) is 0 Å². The van der Waals surface area contributed by atoms with Crippen molar-refractivity contribution in [1.29, 1.82) is 0 Å². The molecule has 7 nitrogen and oxygen atoms in total. The van der Waals surface area contributed by atoms with Crippen molar-refractivity contribution in [2.45, 2.75) is 20.3 Å². The standard InChI is InChI=1S/C20H26N4O3S/c1-15(2)14-27-20(26)23-10-6-9-22(11-12-23)18(25)17-13-21-19(28)24(17)16-7-4-3-5-8-16/h3-5,7-8,13,15H,6,9-12,14H2,1-2H3,(H,21,28). The minimum Gasteiger partial charge on any atom is -0.449 e. The average Bonchev–Trinajstić information content (AvgIpc) is 2.91. The summed E-state index contributed by atoms with van der Waals surface area (Å²) in [7, 11) is 0. The number of H-pyrrole nitrogens is 1. The smallest absolute Gasteiger partial charge is 0.409 e. The molecular formula is C20H26N4O3S. The minimum absolute atomic E-state index is 0.103. The van der Waals surface area contributed by atoms with Crippen LogP contribution in [-0.2, 0) is 4.74 Å². The number of rotatable bonds is 4. The fourth-order valence-corrected chi connectivity index (χ4v) is 3.42. The minimum atomic E-state index is -0.308. The van der Waals surface area contributed by atoms with Crippen LogP contribution >= 0.6 is 12.2 Å². The lowest BCUT2D eigenvalue weighted by Crippen LogP contribution is -2.38. The zero-order valence-electron chi connectivity index (χ0n) is 16.3. The van der Waals surface area contributed by atoms with Gasteiger partial charge in [-0.25, -0.2) is 4.79 Å². The number of hydrogen-bond donors (Lipinski definition) is 1. The van der Waals surface area contributed by atoms with Crippen LogP contribution in [0.3, 0.4) is 0 Å². The molecule has 2 heterocycles. The van der Waals surface area contributed by atoms with E-state index in [4.69, 9.17) is 17.0 Å². The molecule has 0 saturated carbocycles. The van der Waals surface area contributed by atoms with Gasteiger partial charge in [0.05, 0.1) is 6.61 Å². The Morgan fingerprint density at radius 3 is 2.50 bits per heavy atom. The molecule has 1 aliphatic rings. The first-order valence-electron chi connectivity index (χ1n) is 9.54. The van der Waals surface area contributed by atoms with Gasteiger partial charge in [0.2, 0.25) is 0 Å². The third-order valence-corrected chi connectivity index (χ3v) is 4.89. The highest BCUT2D eigenvalue weighted by Crippen LogP contribution is 2.16. The maximum absolute atomic E-state index is 13.2. The second-order valence-electron chi connectivity index (χ2n) is 7.25. The first-order valence-corrected chi connectivity index (χ1v) is 9.95. The van der Waals surface area contributed by atoms with Gasteiger partial charge < -0.3 is 19.5 Å². The molecule has 0 spiro atoms. The monoisotopic (exact) mass is 402 g/mol. The van der Waals surface area contributed by atoms with Gasteiger partial charge in [0.25, 0.3) is 5.91 Å².